The van der Waals surface area contributed by atoms with Gasteiger partial charge in [0, 0.05) is 83.9 Å². The van der Waals surface area contributed by atoms with Gasteiger partial charge in [0.05, 0.1) is 11.1 Å². The van der Waals surface area contributed by atoms with Crippen molar-refractivity contribution in [1.82, 2.24) is 29.1 Å². The molecule has 9 rings (SSSR count). The minimum Gasteiger partial charge on any atom is -0.416 e. The van der Waals surface area contributed by atoms with Crippen LogP contribution < -0.4 is 10.6 Å². The van der Waals surface area contributed by atoms with Gasteiger partial charge >= 0.3 is 0 Å². The molecular formula is C44H40N8O5. The average Bonchev–Trinajstić information content (AvgIpc) is 4.09. The summed E-state index contributed by atoms with van der Waals surface area (Å²) >= 11 is 0. The second kappa shape index (κ2) is 14.6. The van der Waals surface area contributed by atoms with E-state index in [2.05, 4.69) is 20.8 Å². The zero-order valence-electron chi connectivity index (χ0n) is 31.5. The predicted molar refractivity (Wildman–Crippen MR) is 216 cm³/mol. The molecule has 3 aromatic heterocycles. The van der Waals surface area contributed by atoms with Crippen LogP contribution in [0.25, 0.3) is 44.7 Å². The molecule has 2 saturated heterocycles. The summed E-state index contributed by atoms with van der Waals surface area (Å²) in [6.45, 7) is 1.04. The number of carbonyl (C=O) groups excluding carboxylic acids is 4. The molecule has 5 heterocycles. The van der Waals surface area contributed by atoms with Crippen molar-refractivity contribution in [2.24, 2.45) is 14.1 Å². The largest absolute Gasteiger partial charge is 0.416 e. The summed E-state index contributed by atoms with van der Waals surface area (Å²) in [5.74, 6) is -0.145. The lowest BCUT2D eigenvalue weighted by atomic mass is 10.1. The maximum absolute atomic E-state index is 13.6. The number of aromatic nitrogens is 4. The number of para-hydroxylation sites is 2. The summed E-state index contributed by atoms with van der Waals surface area (Å²) in [7, 11) is 3.83. The Kier molecular flexibility index (Phi) is 9.12. The van der Waals surface area contributed by atoms with E-state index in [0.717, 1.165) is 34.6 Å². The Labute approximate surface area is 327 Å². The van der Waals surface area contributed by atoms with Crippen LogP contribution >= 0.6 is 0 Å². The molecule has 2 atom stereocenters. The number of nitrogens with one attached hydrogen (secondary N) is 2. The van der Waals surface area contributed by atoms with Crippen LogP contribution in [0.1, 0.15) is 46.4 Å². The predicted octanol–water partition coefficient (Wildman–Crippen LogP) is 6.87. The van der Waals surface area contributed by atoms with Gasteiger partial charge in [-0.2, -0.15) is 0 Å². The van der Waals surface area contributed by atoms with Crippen molar-refractivity contribution in [1.29, 1.82) is 0 Å². The van der Waals surface area contributed by atoms with Crippen molar-refractivity contribution in [3.8, 4) is 22.9 Å². The molecule has 4 amide bonds. The van der Waals surface area contributed by atoms with Gasteiger partial charge in [0.2, 0.25) is 23.6 Å². The van der Waals surface area contributed by atoms with Gasteiger partial charge in [-0.05, 0) is 86.3 Å². The second-order valence-electron chi connectivity index (χ2n) is 14.7. The van der Waals surface area contributed by atoms with Gasteiger partial charge in [0.1, 0.15) is 12.1 Å². The topological polar surface area (TPSA) is 148 Å². The Bertz CT molecular complexity index is 2490. The van der Waals surface area contributed by atoms with Gasteiger partial charge in [-0.1, -0.05) is 36.4 Å². The van der Waals surface area contributed by atoms with Crippen LogP contribution in [0.3, 0.4) is 0 Å². The number of likely N-dealkylation sites (tertiary alicyclic amines) is 2. The van der Waals surface area contributed by atoms with E-state index >= 15 is 0 Å². The third kappa shape index (κ3) is 6.60. The van der Waals surface area contributed by atoms with Crippen molar-refractivity contribution < 1.29 is 23.6 Å². The van der Waals surface area contributed by atoms with Crippen molar-refractivity contribution in [2.45, 2.75) is 37.8 Å². The fourth-order valence-corrected chi connectivity index (χ4v) is 8.20. The second-order valence-corrected chi connectivity index (χ2v) is 14.7. The Morgan fingerprint density at radius 1 is 0.579 bits per heavy atom. The SMILES string of the molecule is Cn1cc(C(=O)N2CCC[C@H]2C(=O)Nc2ccc(-c3nnc(-c4ccc(NC(=O)[C@@H]5CCCN5C(=O)c5cn(C)c6ccccc56)cc4)o3)cc2)c2ccccc21. The van der Waals surface area contributed by atoms with Crippen LogP contribution in [0.5, 0.6) is 0 Å². The number of hydrogen-bond acceptors (Lipinski definition) is 7. The van der Waals surface area contributed by atoms with E-state index in [-0.39, 0.29) is 23.6 Å². The Morgan fingerprint density at radius 2 is 0.982 bits per heavy atom. The minimum absolute atomic E-state index is 0.145. The smallest absolute Gasteiger partial charge is 0.256 e. The van der Waals surface area contributed by atoms with Crippen molar-refractivity contribution >= 4 is 56.8 Å². The van der Waals surface area contributed by atoms with Crippen LogP contribution in [0.4, 0.5) is 11.4 Å². The first-order chi connectivity index (χ1) is 27.7. The number of fused-ring (bicyclic) bond motifs is 2. The van der Waals surface area contributed by atoms with E-state index in [1.807, 2.05) is 84.2 Å². The van der Waals surface area contributed by atoms with Gasteiger partial charge in [0.15, 0.2) is 0 Å². The number of anilines is 2. The first-order valence-electron chi connectivity index (χ1n) is 19.1. The van der Waals surface area contributed by atoms with Crippen LogP contribution in [0, 0.1) is 0 Å². The fourth-order valence-electron chi connectivity index (χ4n) is 8.20. The highest BCUT2D eigenvalue weighted by Gasteiger charge is 2.37. The fraction of sp³-hybridized carbons (Fsp3) is 0.227. The number of amides is 4. The monoisotopic (exact) mass is 760 g/mol. The van der Waals surface area contributed by atoms with E-state index < -0.39 is 12.1 Å². The summed E-state index contributed by atoms with van der Waals surface area (Å²) in [6, 6.07) is 28.6. The highest BCUT2D eigenvalue weighted by molar-refractivity contribution is 6.10. The highest BCUT2D eigenvalue weighted by atomic mass is 16.4. The standard InChI is InChI=1S/C44H40N8O5/c1-49-25-33(31-9-3-5-11-35(31)49)43(55)51-23-7-13-37(51)39(53)45-29-19-15-27(16-20-29)41-47-48-42(57-41)28-17-21-30(22-18-28)46-40(54)38-14-8-24-52(38)44(56)34-26-50(2)36-12-6-4-10-32(34)36/h3-6,9-12,15-22,25-26,37-38H,7-8,13-14,23-24H2,1-2H3,(H,45,53)(H,46,54)/t37-,38-/m0/s1. The number of hydrogen-bond donors (Lipinski definition) is 2. The molecule has 2 aliphatic rings. The van der Waals surface area contributed by atoms with Gasteiger partial charge in [-0.3, -0.25) is 19.2 Å². The highest BCUT2D eigenvalue weighted by Crippen LogP contribution is 2.30. The first kappa shape index (κ1) is 35.7. The molecule has 0 radical (unpaired) electrons. The summed E-state index contributed by atoms with van der Waals surface area (Å²) in [4.78, 5) is 57.5. The normalized spacial score (nSPS) is 16.7. The van der Waals surface area contributed by atoms with Gasteiger partial charge in [-0.15, -0.1) is 10.2 Å². The number of rotatable bonds is 8. The van der Waals surface area contributed by atoms with E-state index in [1.165, 1.54) is 0 Å². The summed E-state index contributed by atoms with van der Waals surface area (Å²) in [6.07, 6.45) is 6.34. The van der Waals surface area contributed by atoms with Gasteiger partial charge in [-0.25, -0.2) is 0 Å². The molecule has 0 saturated carbocycles. The van der Waals surface area contributed by atoms with Crippen molar-refractivity contribution in [3.05, 3.63) is 121 Å². The molecule has 0 unspecified atom stereocenters. The molecular weight excluding hydrogens is 721 g/mol. The van der Waals surface area contributed by atoms with Gasteiger partial charge < -0.3 is 34.0 Å². The first-order valence-corrected chi connectivity index (χ1v) is 19.1. The molecule has 286 valence electrons. The Hall–Kier alpha value is -7.02. The lowest BCUT2D eigenvalue weighted by molar-refractivity contribution is -0.120. The van der Waals surface area contributed by atoms with E-state index in [1.54, 1.807) is 58.3 Å². The molecule has 13 heteroatoms. The lowest BCUT2D eigenvalue weighted by Crippen LogP contribution is -2.43. The van der Waals surface area contributed by atoms with Crippen LogP contribution in [-0.2, 0) is 23.7 Å². The molecule has 0 aliphatic carbocycles. The average molecular weight is 761 g/mol. The van der Waals surface area contributed by atoms with E-state index in [9.17, 15) is 19.2 Å². The minimum atomic E-state index is -0.573. The maximum Gasteiger partial charge on any atom is 0.256 e. The van der Waals surface area contributed by atoms with Crippen LogP contribution in [0.15, 0.2) is 114 Å². The third-order valence-corrected chi connectivity index (χ3v) is 11.1. The molecule has 13 nitrogen and oxygen atoms in total. The number of nitrogens with zero attached hydrogens (tertiary/aromatic N) is 6. The van der Waals surface area contributed by atoms with E-state index in [0.29, 0.717) is 71.3 Å². The van der Waals surface area contributed by atoms with Gasteiger partial charge in [0.25, 0.3) is 11.8 Å². The molecule has 2 N–H and O–H groups in total. The molecule has 4 aromatic carbocycles. The number of aryl methyl sites for hydroxylation is 2. The summed E-state index contributed by atoms with van der Waals surface area (Å²) in [5, 5.41) is 16.2. The quantitative estimate of drug-likeness (QED) is 0.172. The lowest BCUT2D eigenvalue weighted by Gasteiger charge is -2.24. The molecule has 0 bridgehead atoms. The third-order valence-electron chi connectivity index (χ3n) is 11.1. The molecule has 7 aromatic rings. The number of benzene rings is 4. The Morgan fingerprint density at radius 3 is 1.40 bits per heavy atom. The molecule has 2 aliphatic heterocycles. The zero-order chi connectivity index (χ0) is 39.2. The summed E-state index contributed by atoms with van der Waals surface area (Å²) in [5.41, 5.74) is 5.64. The summed E-state index contributed by atoms with van der Waals surface area (Å²) < 4.78 is 9.87. The molecule has 2 fully saturated rings. The Balaban J connectivity index is 0.818. The molecule has 0 spiro atoms. The van der Waals surface area contributed by atoms with E-state index in [4.69, 9.17) is 4.42 Å². The maximum atomic E-state index is 13.6. The zero-order valence-corrected chi connectivity index (χ0v) is 31.5. The number of carbonyl (C=O) groups is 4. The van der Waals surface area contributed by atoms with Crippen molar-refractivity contribution in [2.75, 3.05) is 23.7 Å². The molecule has 57 heavy (non-hydrogen) atoms. The van der Waals surface area contributed by atoms with Crippen LogP contribution in [0.2, 0.25) is 0 Å². The van der Waals surface area contributed by atoms with Crippen molar-refractivity contribution in [3.63, 3.8) is 0 Å². The van der Waals surface area contributed by atoms with Crippen LogP contribution in [-0.4, -0.2) is 77.9 Å².